The van der Waals surface area contributed by atoms with Crippen LogP contribution in [0.15, 0.2) is 48.6 Å². The lowest BCUT2D eigenvalue weighted by Gasteiger charge is -2.16. The van der Waals surface area contributed by atoms with Crippen molar-refractivity contribution < 1.29 is 9.90 Å². The average Bonchev–Trinajstić information content (AvgIpc) is 2.75. The Hall–Kier alpha value is -1.77. The molecule has 1 amide bonds. The van der Waals surface area contributed by atoms with Crippen LogP contribution in [-0.2, 0) is 0 Å². The largest absolute Gasteiger partial charge is 0.465 e. The molecule has 0 aromatic heterocycles. The summed E-state index contributed by atoms with van der Waals surface area (Å²) < 4.78 is 0. The second-order valence-electron chi connectivity index (χ2n) is 8.46. The highest BCUT2D eigenvalue weighted by Crippen LogP contribution is 2.13. The van der Waals surface area contributed by atoms with Gasteiger partial charge in [-0.2, -0.15) is 0 Å². The zero-order valence-electron chi connectivity index (χ0n) is 20.4. The number of nitrogens with one attached hydrogen (secondary N) is 1. The van der Waals surface area contributed by atoms with Gasteiger partial charge in [0.15, 0.2) is 0 Å². The van der Waals surface area contributed by atoms with Gasteiger partial charge in [-0.05, 0) is 38.5 Å². The molecule has 1 atom stereocenters. The molecule has 0 aliphatic heterocycles. The van der Waals surface area contributed by atoms with Crippen LogP contribution in [0.1, 0.15) is 117 Å². The lowest BCUT2D eigenvalue weighted by molar-refractivity contribution is 0.187. The fourth-order valence-electron chi connectivity index (χ4n) is 3.58. The van der Waals surface area contributed by atoms with Gasteiger partial charge in [-0.3, -0.25) is 0 Å². The van der Waals surface area contributed by atoms with E-state index in [1.165, 1.54) is 64.2 Å². The Balaban J connectivity index is 3.81. The summed E-state index contributed by atoms with van der Waals surface area (Å²) in [6.45, 7) is 4.47. The Kier molecular flexibility index (Phi) is 23.1. The molecule has 2 N–H and O–H groups in total. The molecule has 1 unspecified atom stereocenters. The van der Waals surface area contributed by atoms with Gasteiger partial charge in [-0.25, -0.2) is 4.79 Å². The van der Waals surface area contributed by atoms with Gasteiger partial charge < -0.3 is 10.4 Å². The Labute approximate surface area is 192 Å². The van der Waals surface area contributed by atoms with Crippen molar-refractivity contribution in [1.82, 2.24) is 5.32 Å². The van der Waals surface area contributed by atoms with Crippen molar-refractivity contribution in [2.45, 2.75) is 123 Å². The topological polar surface area (TPSA) is 49.3 Å². The van der Waals surface area contributed by atoms with E-state index < -0.39 is 6.09 Å². The van der Waals surface area contributed by atoms with Crippen molar-refractivity contribution in [3.8, 4) is 0 Å². The molecule has 0 fully saturated rings. The monoisotopic (exact) mass is 431 g/mol. The maximum Gasteiger partial charge on any atom is 0.404 e. The second kappa shape index (κ2) is 24.5. The molecule has 31 heavy (non-hydrogen) atoms. The number of hydrogen-bond donors (Lipinski definition) is 2. The number of carbonyl (C=O) groups is 1. The van der Waals surface area contributed by atoms with Crippen molar-refractivity contribution in [1.29, 1.82) is 0 Å². The normalized spacial score (nSPS) is 13.2. The molecule has 3 nitrogen and oxygen atoms in total. The molecular formula is C28H49NO2. The predicted molar refractivity (Wildman–Crippen MR) is 137 cm³/mol. The standard InChI is InChI=1S/C28H49NO2/c1-3-5-7-9-11-12-13-14-15-16-17-18-20-22-24-26-27(29-28(30)31)25-23-21-19-10-8-6-4-2/h11-18,27,29H,3-10,19-26H2,1-2H3,(H,30,31). The van der Waals surface area contributed by atoms with Crippen LogP contribution in [0.2, 0.25) is 0 Å². The number of rotatable bonds is 21. The van der Waals surface area contributed by atoms with E-state index in [-0.39, 0.29) is 6.04 Å². The molecule has 0 bridgehead atoms. The SMILES string of the molecule is CCCCCC=CC=CC=CC=CCCCCC(CCCCCCCCC)NC(=O)O. The maximum atomic E-state index is 11.0. The van der Waals surface area contributed by atoms with Crippen LogP contribution in [0.4, 0.5) is 4.79 Å². The van der Waals surface area contributed by atoms with Crippen LogP contribution in [0.25, 0.3) is 0 Å². The highest BCUT2D eigenvalue weighted by molar-refractivity contribution is 5.64. The molecule has 0 aromatic rings. The molecular weight excluding hydrogens is 382 g/mol. The number of unbranched alkanes of at least 4 members (excludes halogenated alkanes) is 11. The molecule has 0 saturated carbocycles. The third-order valence-corrected chi connectivity index (χ3v) is 5.46. The van der Waals surface area contributed by atoms with Crippen LogP contribution < -0.4 is 5.32 Å². The minimum absolute atomic E-state index is 0.109. The first kappa shape index (κ1) is 29.2. The third kappa shape index (κ3) is 24.4. The van der Waals surface area contributed by atoms with Gasteiger partial charge in [0.2, 0.25) is 0 Å². The van der Waals surface area contributed by atoms with Gasteiger partial charge in [0.05, 0.1) is 0 Å². The molecule has 3 heteroatoms. The van der Waals surface area contributed by atoms with Crippen LogP contribution in [0, 0.1) is 0 Å². The van der Waals surface area contributed by atoms with Crippen molar-refractivity contribution in [3.05, 3.63) is 48.6 Å². The zero-order chi connectivity index (χ0) is 22.8. The van der Waals surface area contributed by atoms with E-state index in [2.05, 4.69) is 67.8 Å². The average molecular weight is 432 g/mol. The molecule has 178 valence electrons. The minimum atomic E-state index is -0.887. The summed E-state index contributed by atoms with van der Waals surface area (Å²) in [7, 11) is 0. The van der Waals surface area contributed by atoms with Crippen LogP contribution >= 0.6 is 0 Å². The summed E-state index contributed by atoms with van der Waals surface area (Å²) in [6.07, 6.45) is 35.1. The van der Waals surface area contributed by atoms with Crippen LogP contribution in [0.3, 0.4) is 0 Å². The van der Waals surface area contributed by atoms with Gasteiger partial charge in [0, 0.05) is 6.04 Å². The van der Waals surface area contributed by atoms with Gasteiger partial charge in [-0.15, -0.1) is 0 Å². The van der Waals surface area contributed by atoms with Crippen LogP contribution in [-0.4, -0.2) is 17.2 Å². The quantitative estimate of drug-likeness (QED) is 0.141. The lowest BCUT2D eigenvalue weighted by Crippen LogP contribution is -2.33. The number of carboxylic acid groups (broad SMARTS) is 1. The molecule has 0 rings (SSSR count). The fourth-order valence-corrected chi connectivity index (χ4v) is 3.58. The molecule has 0 spiro atoms. The number of hydrogen-bond acceptors (Lipinski definition) is 1. The lowest BCUT2D eigenvalue weighted by atomic mass is 10.0. The highest BCUT2D eigenvalue weighted by atomic mass is 16.4. The first-order valence-electron chi connectivity index (χ1n) is 12.8. The summed E-state index contributed by atoms with van der Waals surface area (Å²) in [5, 5.41) is 11.8. The van der Waals surface area contributed by atoms with E-state index in [9.17, 15) is 4.79 Å². The first-order chi connectivity index (χ1) is 15.2. The van der Waals surface area contributed by atoms with E-state index >= 15 is 0 Å². The summed E-state index contributed by atoms with van der Waals surface area (Å²) in [6, 6.07) is 0.109. The molecule has 0 heterocycles. The van der Waals surface area contributed by atoms with Gasteiger partial charge in [0.1, 0.15) is 0 Å². The Morgan fingerprint density at radius 3 is 1.61 bits per heavy atom. The number of amides is 1. The second-order valence-corrected chi connectivity index (χ2v) is 8.46. The van der Waals surface area contributed by atoms with Crippen LogP contribution in [0.5, 0.6) is 0 Å². The molecule has 0 aliphatic carbocycles. The van der Waals surface area contributed by atoms with E-state index in [1.807, 2.05) is 0 Å². The summed E-state index contributed by atoms with van der Waals surface area (Å²) in [5.41, 5.74) is 0. The zero-order valence-corrected chi connectivity index (χ0v) is 20.4. The predicted octanol–water partition coefficient (Wildman–Crippen LogP) is 9.13. The molecule has 0 radical (unpaired) electrons. The van der Waals surface area contributed by atoms with Crippen molar-refractivity contribution in [3.63, 3.8) is 0 Å². The van der Waals surface area contributed by atoms with Crippen molar-refractivity contribution in [2.75, 3.05) is 0 Å². The fraction of sp³-hybridized carbons (Fsp3) is 0.679. The van der Waals surface area contributed by atoms with E-state index in [1.54, 1.807) is 0 Å². The van der Waals surface area contributed by atoms with E-state index in [4.69, 9.17) is 5.11 Å². The maximum absolute atomic E-state index is 11.0. The van der Waals surface area contributed by atoms with E-state index in [0.717, 1.165) is 38.5 Å². The summed E-state index contributed by atoms with van der Waals surface area (Å²) in [5.74, 6) is 0. The summed E-state index contributed by atoms with van der Waals surface area (Å²) in [4.78, 5) is 11.0. The van der Waals surface area contributed by atoms with Crippen molar-refractivity contribution >= 4 is 6.09 Å². The third-order valence-electron chi connectivity index (χ3n) is 5.46. The first-order valence-corrected chi connectivity index (χ1v) is 12.8. The highest BCUT2D eigenvalue weighted by Gasteiger charge is 2.10. The minimum Gasteiger partial charge on any atom is -0.465 e. The van der Waals surface area contributed by atoms with Gasteiger partial charge in [0.25, 0.3) is 0 Å². The number of allylic oxidation sites excluding steroid dienone is 8. The van der Waals surface area contributed by atoms with Gasteiger partial charge in [-0.1, -0.05) is 127 Å². The van der Waals surface area contributed by atoms with E-state index in [0.29, 0.717) is 0 Å². The molecule has 0 aromatic carbocycles. The molecule has 0 aliphatic rings. The smallest absolute Gasteiger partial charge is 0.404 e. The Morgan fingerprint density at radius 2 is 1.06 bits per heavy atom. The van der Waals surface area contributed by atoms with Gasteiger partial charge >= 0.3 is 6.09 Å². The Bertz CT molecular complexity index is 505. The Morgan fingerprint density at radius 1 is 0.645 bits per heavy atom. The summed E-state index contributed by atoms with van der Waals surface area (Å²) >= 11 is 0. The van der Waals surface area contributed by atoms with Crippen molar-refractivity contribution in [2.24, 2.45) is 0 Å². The molecule has 0 saturated heterocycles.